The van der Waals surface area contributed by atoms with Crippen molar-refractivity contribution in [3.63, 3.8) is 0 Å². The van der Waals surface area contributed by atoms with Crippen molar-refractivity contribution in [1.29, 1.82) is 0 Å². The Labute approximate surface area is 123 Å². The Kier molecular flexibility index (Phi) is 4.58. The molecule has 0 aromatic heterocycles. The van der Waals surface area contributed by atoms with Crippen LogP contribution >= 0.6 is 0 Å². The summed E-state index contributed by atoms with van der Waals surface area (Å²) in [4.78, 5) is 23.7. The highest BCUT2D eigenvalue weighted by molar-refractivity contribution is 6.07. The van der Waals surface area contributed by atoms with Gasteiger partial charge in [-0.25, -0.2) is 4.79 Å². The predicted octanol–water partition coefficient (Wildman–Crippen LogP) is 3.07. The summed E-state index contributed by atoms with van der Waals surface area (Å²) in [5.41, 5.74) is 0.502. The molecule has 0 spiro atoms. The second-order valence-electron chi connectivity index (χ2n) is 5.20. The zero-order valence-corrected chi connectivity index (χ0v) is 12.2. The highest BCUT2D eigenvalue weighted by atomic mass is 16.4. The minimum Gasteiger partial charge on any atom is -0.480 e. The molecule has 110 valence electrons. The van der Waals surface area contributed by atoms with E-state index in [-0.39, 0.29) is 11.8 Å². The number of rotatable bonds is 5. The molecular formula is C17H19NO3. The van der Waals surface area contributed by atoms with Crippen LogP contribution in [0.4, 0.5) is 0 Å². The molecule has 4 heteroatoms. The van der Waals surface area contributed by atoms with Crippen molar-refractivity contribution in [3.8, 4) is 0 Å². The van der Waals surface area contributed by atoms with Crippen LogP contribution in [-0.4, -0.2) is 23.0 Å². The number of fused-ring (bicyclic) bond motifs is 1. The van der Waals surface area contributed by atoms with Crippen molar-refractivity contribution in [2.45, 2.75) is 26.3 Å². The third-order valence-electron chi connectivity index (χ3n) is 3.80. The quantitative estimate of drug-likeness (QED) is 0.887. The van der Waals surface area contributed by atoms with Crippen molar-refractivity contribution in [2.24, 2.45) is 5.92 Å². The lowest BCUT2D eigenvalue weighted by Crippen LogP contribution is -2.45. The summed E-state index contributed by atoms with van der Waals surface area (Å²) in [5.74, 6) is -1.47. The molecule has 0 saturated heterocycles. The molecule has 0 aliphatic rings. The smallest absolute Gasteiger partial charge is 0.326 e. The second-order valence-corrected chi connectivity index (χ2v) is 5.20. The fraction of sp³-hybridized carbons (Fsp3) is 0.294. The van der Waals surface area contributed by atoms with Crippen LogP contribution in [0.25, 0.3) is 10.8 Å². The lowest BCUT2D eigenvalue weighted by Gasteiger charge is -2.20. The average molecular weight is 285 g/mol. The van der Waals surface area contributed by atoms with Crippen LogP contribution in [0, 0.1) is 5.92 Å². The standard InChI is InChI=1S/C17H19NO3/c1-3-11(2)15(17(20)21)18-16(19)14-10-6-8-12-7-4-5-9-13(12)14/h4-11,15H,3H2,1-2H3,(H,18,19)(H,20,21)/t11?,15-/m0/s1. The molecular weight excluding hydrogens is 266 g/mol. The summed E-state index contributed by atoms with van der Waals surface area (Å²) < 4.78 is 0. The van der Waals surface area contributed by atoms with Gasteiger partial charge < -0.3 is 10.4 Å². The monoisotopic (exact) mass is 285 g/mol. The first-order valence-electron chi connectivity index (χ1n) is 7.06. The summed E-state index contributed by atoms with van der Waals surface area (Å²) in [5, 5.41) is 13.7. The van der Waals surface area contributed by atoms with Gasteiger partial charge in [0.05, 0.1) is 0 Å². The van der Waals surface area contributed by atoms with Gasteiger partial charge in [-0.3, -0.25) is 4.79 Å². The van der Waals surface area contributed by atoms with Crippen molar-refractivity contribution < 1.29 is 14.7 Å². The predicted molar refractivity (Wildman–Crippen MR) is 82.3 cm³/mol. The zero-order valence-electron chi connectivity index (χ0n) is 12.2. The first-order chi connectivity index (χ1) is 10.0. The SMILES string of the molecule is CCC(C)[C@H](NC(=O)c1cccc2ccccc12)C(=O)O. The van der Waals surface area contributed by atoms with E-state index in [1.165, 1.54) is 0 Å². The van der Waals surface area contributed by atoms with E-state index in [0.717, 1.165) is 10.8 Å². The van der Waals surface area contributed by atoms with E-state index in [2.05, 4.69) is 5.32 Å². The Balaban J connectivity index is 2.32. The Morgan fingerprint density at radius 2 is 1.81 bits per heavy atom. The van der Waals surface area contributed by atoms with E-state index >= 15 is 0 Å². The Morgan fingerprint density at radius 1 is 1.14 bits per heavy atom. The van der Waals surface area contributed by atoms with E-state index in [1.54, 1.807) is 12.1 Å². The minimum absolute atomic E-state index is 0.124. The molecule has 1 unspecified atom stereocenters. The van der Waals surface area contributed by atoms with Crippen LogP contribution in [0.2, 0.25) is 0 Å². The van der Waals surface area contributed by atoms with Crippen LogP contribution in [0.5, 0.6) is 0 Å². The van der Waals surface area contributed by atoms with Gasteiger partial charge >= 0.3 is 5.97 Å². The molecule has 4 nitrogen and oxygen atoms in total. The van der Waals surface area contributed by atoms with Crippen molar-refractivity contribution >= 4 is 22.6 Å². The lowest BCUT2D eigenvalue weighted by atomic mass is 9.98. The number of nitrogens with one attached hydrogen (secondary N) is 1. The van der Waals surface area contributed by atoms with Gasteiger partial charge in [0.2, 0.25) is 0 Å². The Hall–Kier alpha value is -2.36. The summed E-state index contributed by atoms with van der Waals surface area (Å²) in [7, 11) is 0. The van der Waals surface area contributed by atoms with Crippen LogP contribution in [0.1, 0.15) is 30.6 Å². The fourth-order valence-corrected chi connectivity index (χ4v) is 2.33. The number of hydrogen-bond acceptors (Lipinski definition) is 2. The fourth-order valence-electron chi connectivity index (χ4n) is 2.33. The van der Waals surface area contributed by atoms with Crippen LogP contribution in [0.15, 0.2) is 42.5 Å². The number of carboxylic acid groups (broad SMARTS) is 1. The van der Waals surface area contributed by atoms with Gasteiger partial charge in [-0.05, 0) is 22.8 Å². The molecule has 0 aliphatic carbocycles. The van der Waals surface area contributed by atoms with Crippen molar-refractivity contribution in [1.82, 2.24) is 5.32 Å². The topological polar surface area (TPSA) is 66.4 Å². The summed E-state index contributed by atoms with van der Waals surface area (Å²) >= 11 is 0. The first kappa shape index (κ1) is 15.0. The second kappa shape index (κ2) is 6.39. The average Bonchev–Trinajstić information content (AvgIpc) is 2.50. The van der Waals surface area contributed by atoms with E-state index in [4.69, 9.17) is 0 Å². The van der Waals surface area contributed by atoms with Gasteiger partial charge in [-0.15, -0.1) is 0 Å². The normalized spacial score (nSPS) is 13.6. The van der Waals surface area contributed by atoms with E-state index in [9.17, 15) is 14.7 Å². The van der Waals surface area contributed by atoms with Crippen molar-refractivity contribution in [2.75, 3.05) is 0 Å². The largest absolute Gasteiger partial charge is 0.480 e. The maximum absolute atomic E-state index is 12.4. The van der Waals surface area contributed by atoms with E-state index < -0.39 is 12.0 Å². The van der Waals surface area contributed by atoms with Crippen LogP contribution < -0.4 is 5.32 Å². The van der Waals surface area contributed by atoms with Gasteiger partial charge in [0.25, 0.3) is 5.91 Å². The van der Waals surface area contributed by atoms with Gasteiger partial charge in [-0.1, -0.05) is 56.7 Å². The zero-order chi connectivity index (χ0) is 15.4. The molecule has 0 fully saturated rings. The number of carboxylic acids is 1. The number of carbonyl (C=O) groups excluding carboxylic acids is 1. The van der Waals surface area contributed by atoms with Gasteiger partial charge in [0, 0.05) is 5.56 Å². The highest BCUT2D eigenvalue weighted by Crippen LogP contribution is 2.19. The summed E-state index contributed by atoms with van der Waals surface area (Å²) in [6, 6.07) is 12.1. The number of carbonyl (C=O) groups is 2. The molecule has 2 N–H and O–H groups in total. The van der Waals surface area contributed by atoms with E-state index in [1.807, 2.05) is 44.2 Å². The van der Waals surface area contributed by atoms with Crippen LogP contribution in [-0.2, 0) is 4.79 Å². The molecule has 0 bridgehead atoms. The Bertz CT molecular complexity index is 661. The van der Waals surface area contributed by atoms with Gasteiger partial charge in [-0.2, -0.15) is 0 Å². The third kappa shape index (κ3) is 3.21. The Morgan fingerprint density at radius 3 is 2.48 bits per heavy atom. The molecule has 2 rings (SSSR count). The third-order valence-corrected chi connectivity index (χ3v) is 3.80. The molecule has 21 heavy (non-hydrogen) atoms. The molecule has 2 aromatic rings. The molecule has 1 amide bonds. The number of hydrogen-bond donors (Lipinski definition) is 2. The van der Waals surface area contributed by atoms with Gasteiger partial charge in [0.15, 0.2) is 0 Å². The molecule has 0 heterocycles. The number of amides is 1. The maximum Gasteiger partial charge on any atom is 0.326 e. The molecule has 0 saturated carbocycles. The first-order valence-corrected chi connectivity index (χ1v) is 7.06. The van der Waals surface area contributed by atoms with Crippen molar-refractivity contribution in [3.05, 3.63) is 48.0 Å². The maximum atomic E-state index is 12.4. The number of benzene rings is 2. The summed E-state index contributed by atoms with van der Waals surface area (Å²) in [6.45, 7) is 3.73. The van der Waals surface area contributed by atoms with Crippen LogP contribution in [0.3, 0.4) is 0 Å². The molecule has 2 atom stereocenters. The molecule has 0 radical (unpaired) electrons. The van der Waals surface area contributed by atoms with E-state index in [0.29, 0.717) is 12.0 Å². The highest BCUT2D eigenvalue weighted by Gasteiger charge is 2.26. The molecule has 0 aliphatic heterocycles. The molecule has 2 aromatic carbocycles. The lowest BCUT2D eigenvalue weighted by molar-refractivity contribution is -0.140. The minimum atomic E-state index is -1.00. The summed E-state index contributed by atoms with van der Waals surface area (Å²) in [6.07, 6.45) is 0.687. The van der Waals surface area contributed by atoms with Gasteiger partial charge in [0.1, 0.15) is 6.04 Å². The number of aliphatic carboxylic acids is 1.